The molecule has 1 saturated carbocycles. The predicted molar refractivity (Wildman–Crippen MR) is 110 cm³/mol. The van der Waals surface area contributed by atoms with Gasteiger partial charge in [0.2, 0.25) is 5.43 Å². The molecule has 2 aliphatic rings. The molecule has 1 aliphatic heterocycles. The van der Waals surface area contributed by atoms with Crippen molar-refractivity contribution in [2.24, 2.45) is 11.7 Å². The highest BCUT2D eigenvalue weighted by Gasteiger charge is 2.45. The van der Waals surface area contributed by atoms with Crippen LogP contribution in [0.5, 0.6) is 0 Å². The molecule has 1 aromatic carbocycles. The second-order valence-corrected chi connectivity index (χ2v) is 8.70. The Morgan fingerprint density at radius 2 is 2.14 bits per heavy atom. The molecule has 2 atom stereocenters. The molecular weight excluding hydrogens is 375 g/mol. The SMILES string of the molecule is CC(C1CCN(c2cc3[nH]cc(C(=O)O)c(=O)c3c(C3(N)CC3)c2F)C1)N(C)C. The zero-order chi connectivity index (χ0) is 21.1. The van der Waals surface area contributed by atoms with Crippen molar-refractivity contribution in [3.63, 3.8) is 0 Å². The molecule has 0 spiro atoms. The lowest BCUT2D eigenvalue weighted by Gasteiger charge is -2.27. The number of benzene rings is 1. The van der Waals surface area contributed by atoms with Crippen LogP contribution in [0.15, 0.2) is 17.1 Å². The molecule has 2 fully saturated rings. The van der Waals surface area contributed by atoms with Gasteiger partial charge in [0, 0.05) is 36.4 Å². The van der Waals surface area contributed by atoms with Crippen molar-refractivity contribution < 1.29 is 14.3 Å². The fourth-order valence-corrected chi connectivity index (χ4v) is 4.41. The first kappa shape index (κ1) is 19.8. The lowest BCUT2D eigenvalue weighted by Crippen LogP contribution is -2.34. The van der Waals surface area contributed by atoms with Crippen LogP contribution in [-0.2, 0) is 5.54 Å². The maximum absolute atomic E-state index is 15.8. The number of rotatable bonds is 5. The number of carboxylic acid groups (broad SMARTS) is 1. The number of nitrogens with zero attached hydrogens (tertiary/aromatic N) is 2. The smallest absolute Gasteiger partial charge is 0.341 e. The number of aromatic amines is 1. The average molecular weight is 402 g/mol. The largest absolute Gasteiger partial charge is 0.477 e. The molecule has 1 aromatic heterocycles. The van der Waals surface area contributed by atoms with Crippen molar-refractivity contribution in [3.8, 4) is 0 Å². The van der Waals surface area contributed by atoms with Crippen LogP contribution in [0.1, 0.15) is 42.1 Å². The Bertz CT molecular complexity index is 1040. The van der Waals surface area contributed by atoms with Crippen LogP contribution in [0.2, 0.25) is 0 Å². The van der Waals surface area contributed by atoms with Crippen molar-refractivity contribution >= 4 is 22.6 Å². The standard InChI is InChI=1S/C21H27FN4O3/c1-11(25(2)3)12-4-7-26(10-12)15-8-14-16(17(18(15)22)21(23)5-6-21)19(27)13(9-24-14)20(28)29/h8-9,11-12H,4-7,10,23H2,1-3H3,(H,24,27)(H,28,29). The van der Waals surface area contributed by atoms with E-state index in [0.717, 1.165) is 19.5 Å². The summed E-state index contributed by atoms with van der Waals surface area (Å²) in [6.45, 7) is 3.61. The van der Waals surface area contributed by atoms with E-state index in [-0.39, 0.29) is 10.9 Å². The maximum Gasteiger partial charge on any atom is 0.341 e. The minimum Gasteiger partial charge on any atom is -0.477 e. The van der Waals surface area contributed by atoms with Gasteiger partial charge in [-0.2, -0.15) is 0 Å². The number of fused-ring (bicyclic) bond motifs is 1. The minimum atomic E-state index is -1.34. The molecule has 2 aromatic rings. The van der Waals surface area contributed by atoms with Gasteiger partial charge in [0.25, 0.3) is 0 Å². The number of aromatic carboxylic acids is 1. The summed E-state index contributed by atoms with van der Waals surface area (Å²) in [5, 5.41) is 9.36. The summed E-state index contributed by atoms with van der Waals surface area (Å²) in [5.74, 6) is -1.43. The number of nitrogens with one attached hydrogen (secondary N) is 1. The Morgan fingerprint density at radius 3 is 2.72 bits per heavy atom. The number of anilines is 1. The van der Waals surface area contributed by atoms with E-state index in [1.165, 1.54) is 6.20 Å². The van der Waals surface area contributed by atoms with Crippen molar-refractivity contribution in [3.05, 3.63) is 39.4 Å². The van der Waals surface area contributed by atoms with E-state index in [0.29, 0.717) is 36.0 Å². The first-order valence-electron chi connectivity index (χ1n) is 9.96. The zero-order valence-electron chi connectivity index (χ0n) is 17.0. The van der Waals surface area contributed by atoms with E-state index in [1.807, 2.05) is 19.0 Å². The number of hydrogen-bond donors (Lipinski definition) is 3. The van der Waals surface area contributed by atoms with Crippen molar-refractivity contribution in [2.75, 3.05) is 32.1 Å². The third kappa shape index (κ3) is 3.20. The van der Waals surface area contributed by atoms with Gasteiger partial charge < -0.3 is 25.6 Å². The molecule has 1 saturated heterocycles. The van der Waals surface area contributed by atoms with Gasteiger partial charge in [-0.25, -0.2) is 9.18 Å². The third-order valence-corrected chi connectivity index (χ3v) is 6.67. The second kappa shape index (κ2) is 6.81. The van der Waals surface area contributed by atoms with Crippen LogP contribution < -0.4 is 16.1 Å². The molecule has 29 heavy (non-hydrogen) atoms. The highest BCUT2D eigenvalue weighted by Crippen LogP contribution is 2.48. The summed E-state index contributed by atoms with van der Waals surface area (Å²) < 4.78 is 15.8. The van der Waals surface area contributed by atoms with Crippen LogP contribution >= 0.6 is 0 Å². The van der Waals surface area contributed by atoms with Gasteiger partial charge in [-0.1, -0.05) is 0 Å². The summed E-state index contributed by atoms with van der Waals surface area (Å²) in [6, 6.07) is 1.99. The Balaban J connectivity index is 1.86. The Labute approximate surface area is 168 Å². The van der Waals surface area contributed by atoms with Gasteiger partial charge in [0.1, 0.15) is 5.56 Å². The van der Waals surface area contributed by atoms with Crippen molar-refractivity contribution in [1.29, 1.82) is 0 Å². The molecule has 4 rings (SSSR count). The van der Waals surface area contributed by atoms with Gasteiger partial charge in [0.15, 0.2) is 5.82 Å². The number of carboxylic acids is 1. The molecule has 2 heterocycles. The minimum absolute atomic E-state index is 0.0588. The molecule has 0 radical (unpaired) electrons. The molecule has 0 amide bonds. The van der Waals surface area contributed by atoms with Crippen molar-refractivity contribution in [1.82, 2.24) is 9.88 Å². The van der Waals surface area contributed by atoms with Gasteiger partial charge in [-0.15, -0.1) is 0 Å². The first-order chi connectivity index (χ1) is 13.6. The van der Waals surface area contributed by atoms with Crippen molar-refractivity contribution in [2.45, 2.75) is 37.8 Å². The predicted octanol–water partition coefficient (Wildman–Crippen LogP) is 2.09. The number of H-pyrrole nitrogens is 1. The van der Waals surface area contributed by atoms with Crippen LogP contribution in [-0.4, -0.2) is 54.2 Å². The molecule has 156 valence electrons. The van der Waals surface area contributed by atoms with E-state index in [2.05, 4.69) is 16.8 Å². The molecule has 4 N–H and O–H groups in total. The maximum atomic E-state index is 15.8. The monoisotopic (exact) mass is 402 g/mol. The molecule has 0 bridgehead atoms. The molecule has 8 heteroatoms. The Hall–Kier alpha value is -2.45. The Morgan fingerprint density at radius 1 is 1.45 bits per heavy atom. The van der Waals surface area contributed by atoms with E-state index in [9.17, 15) is 14.7 Å². The fourth-order valence-electron chi connectivity index (χ4n) is 4.41. The number of hydrogen-bond acceptors (Lipinski definition) is 5. The lowest BCUT2D eigenvalue weighted by atomic mass is 9.96. The van der Waals surface area contributed by atoms with Gasteiger partial charge >= 0.3 is 5.97 Å². The van der Waals surface area contributed by atoms with E-state index in [1.54, 1.807) is 6.07 Å². The lowest BCUT2D eigenvalue weighted by molar-refractivity contribution is 0.0695. The van der Waals surface area contributed by atoms with E-state index >= 15 is 4.39 Å². The molecular formula is C21H27FN4O3. The first-order valence-corrected chi connectivity index (χ1v) is 9.96. The average Bonchev–Trinajstić information content (AvgIpc) is 3.22. The second-order valence-electron chi connectivity index (χ2n) is 8.70. The van der Waals surface area contributed by atoms with Gasteiger partial charge in [-0.05, 0) is 52.3 Å². The summed E-state index contributed by atoms with van der Waals surface area (Å²) in [7, 11) is 4.08. The normalized spacial score (nSPS) is 21.7. The highest BCUT2D eigenvalue weighted by atomic mass is 19.1. The van der Waals surface area contributed by atoms with Gasteiger partial charge in [-0.3, -0.25) is 4.79 Å². The molecule has 7 nitrogen and oxygen atoms in total. The summed E-state index contributed by atoms with van der Waals surface area (Å²) in [5.41, 5.74) is 5.33. The fraction of sp³-hybridized carbons (Fsp3) is 0.524. The quantitative estimate of drug-likeness (QED) is 0.708. The number of halogens is 1. The third-order valence-electron chi connectivity index (χ3n) is 6.67. The zero-order valence-corrected chi connectivity index (χ0v) is 17.0. The van der Waals surface area contributed by atoms with E-state index < -0.39 is 28.3 Å². The van der Waals surface area contributed by atoms with Gasteiger partial charge in [0.05, 0.1) is 16.6 Å². The molecule has 2 unspecified atom stereocenters. The summed E-state index contributed by atoms with van der Waals surface area (Å²) in [6.07, 6.45) is 3.27. The van der Waals surface area contributed by atoms with Crippen LogP contribution in [0, 0.1) is 11.7 Å². The van der Waals surface area contributed by atoms with E-state index in [4.69, 9.17) is 5.73 Å². The topological polar surface area (TPSA) is 103 Å². The Kier molecular flexibility index (Phi) is 4.66. The number of carbonyl (C=O) groups is 1. The molecule has 1 aliphatic carbocycles. The van der Waals surface area contributed by atoms with Crippen LogP contribution in [0.3, 0.4) is 0 Å². The van der Waals surface area contributed by atoms with Crippen LogP contribution in [0.4, 0.5) is 10.1 Å². The number of nitrogens with two attached hydrogens (primary N) is 1. The number of pyridine rings is 1. The van der Waals surface area contributed by atoms with Crippen LogP contribution in [0.25, 0.3) is 10.9 Å². The highest BCUT2D eigenvalue weighted by molar-refractivity contribution is 5.95. The summed E-state index contributed by atoms with van der Waals surface area (Å²) >= 11 is 0. The number of aromatic nitrogens is 1. The summed E-state index contributed by atoms with van der Waals surface area (Å²) in [4.78, 5) is 31.3.